The summed E-state index contributed by atoms with van der Waals surface area (Å²) < 4.78 is 43.3. The molecule has 12 rings (SSSR count). The number of nitrogens with zero attached hydrogens (tertiary/aromatic N) is 4. The summed E-state index contributed by atoms with van der Waals surface area (Å²) in [6.45, 7) is 29.6. The maximum Gasteiger partial charge on any atom is 0.261 e. The van der Waals surface area contributed by atoms with Gasteiger partial charge in [-0.25, -0.2) is 0 Å². The van der Waals surface area contributed by atoms with Crippen LogP contribution in [-0.2, 0) is 19.2 Å². The molecular formula is C90H116N4O10S2. The van der Waals surface area contributed by atoms with E-state index in [9.17, 15) is 0 Å². The first kappa shape index (κ1) is 77.8. The molecule has 106 heavy (non-hydrogen) atoms. The highest BCUT2D eigenvalue weighted by Gasteiger charge is 2.53. The number of carbonyl (C=O) groups excluding carboxylic acids is 4. The molecule has 8 aromatic rings. The quantitative estimate of drug-likeness (QED) is 0.0361. The molecule has 568 valence electrons. The molecule has 14 nitrogen and oxygen atoms in total. The van der Waals surface area contributed by atoms with Crippen molar-refractivity contribution in [1.82, 2.24) is 19.6 Å². The molecule has 4 aliphatic heterocycles. The van der Waals surface area contributed by atoms with Crippen LogP contribution in [0.1, 0.15) is 260 Å². The summed E-state index contributed by atoms with van der Waals surface area (Å²) >= 11 is 3.26. The number of rotatable bonds is 44. The summed E-state index contributed by atoms with van der Waals surface area (Å²) in [7, 11) is 0. The molecule has 0 N–H and O–H groups in total. The van der Waals surface area contributed by atoms with Gasteiger partial charge in [-0.2, -0.15) is 0 Å². The van der Waals surface area contributed by atoms with Crippen molar-refractivity contribution in [3.8, 4) is 32.8 Å². The van der Waals surface area contributed by atoms with Crippen LogP contribution in [0.15, 0.2) is 125 Å². The first-order valence-electron chi connectivity index (χ1n) is 41.0. The molecule has 6 aromatic heterocycles. The van der Waals surface area contributed by atoms with E-state index in [-0.39, 0.29) is 47.3 Å². The lowest BCUT2D eigenvalue weighted by molar-refractivity contribution is -0.124. The van der Waals surface area contributed by atoms with Gasteiger partial charge in [0, 0.05) is 37.0 Å². The number of amides is 4. The van der Waals surface area contributed by atoms with Gasteiger partial charge in [-0.05, 0) is 158 Å². The van der Waals surface area contributed by atoms with E-state index in [1.54, 1.807) is 35.2 Å². The second-order valence-corrected chi connectivity index (χ2v) is 32.6. The molecule has 0 radical (unpaired) electrons. The summed E-state index contributed by atoms with van der Waals surface area (Å²) in [5.74, 6) is 5.67. The average Bonchev–Trinajstić information content (AvgIpc) is 1.56. The number of furan rings is 4. The van der Waals surface area contributed by atoms with Gasteiger partial charge in [0.2, 0.25) is 0 Å². The smallest absolute Gasteiger partial charge is 0.261 e. The van der Waals surface area contributed by atoms with Crippen LogP contribution in [0.25, 0.3) is 75.0 Å². The Hall–Kier alpha value is -7.82. The van der Waals surface area contributed by atoms with Gasteiger partial charge in [0.25, 0.3) is 23.6 Å². The summed E-state index contributed by atoms with van der Waals surface area (Å²) in [4.78, 5) is 71.0. The number of thiophene rings is 2. The van der Waals surface area contributed by atoms with Crippen LogP contribution >= 0.6 is 22.7 Å². The standard InChI is InChI=1S/C90H116N4O10S2/c1-13-25-33-57(19-7)51-91-79(69-39-31-45-99-69)75-77(89(91)97)81(93(87(75)95)53-59(21-9)35-27-15-3)71-43-41-67(103-71)73-49-63-47-65-66(83(85(63)105-73)101-55-61(23-11)37-29-17-5)48-64-50-74(106-86(64)84(65)102-56-62(24-12)38-30-18-6)68-42-44-72(104-68)82-78-76(88(96)94(82)54-60(22-10)36-28-16-4)80(70-40-32-46-100-70)92(90(78)98)52-58(20-8)34-26-14-2/h31-32,39-50,57-62H,13-30,33-38,51-56H2,1-12H3. The number of benzene rings is 2. The monoisotopic (exact) mass is 1480 g/mol. The molecule has 4 aliphatic rings. The lowest BCUT2D eigenvalue weighted by atomic mass is 9.98. The zero-order valence-corrected chi connectivity index (χ0v) is 67.1. The molecule has 10 heterocycles. The number of unbranched alkanes of at least 4 members (excludes halogenated alkanes) is 6. The Labute approximate surface area is 637 Å². The fourth-order valence-electron chi connectivity index (χ4n) is 16.4. The maximum absolute atomic E-state index is 15.5. The number of ether oxygens (including phenoxy) is 2. The van der Waals surface area contributed by atoms with Crippen molar-refractivity contribution < 1.29 is 46.3 Å². The van der Waals surface area contributed by atoms with Crippen LogP contribution < -0.4 is 9.47 Å². The molecular weight excluding hydrogens is 1360 g/mol. The SMILES string of the molecule is CCCCC(CC)COc1c2cc3cc(-c4ccc(C5=C6C(=O)N(CC(CC)CCCC)C(c7ccco7)=C6C(=O)N5CC(CC)CCCC)o4)sc3c(OCC(CC)CCCC)c2cc2cc(-c3ccc(C4=C5C(=O)N(CC(CC)CCCC)C(c6ccco6)=C5C(=O)N4CC(CC)CCCC)o3)sc12. The van der Waals surface area contributed by atoms with Gasteiger partial charge in [-0.15, -0.1) is 22.7 Å². The number of carbonyl (C=O) groups is 4. The van der Waals surface area contributed by atoms with E-state index in [1.165, 1.54) is 0 Å². The van der Waals surface area contributed by atoms with Crippen molar-refractivity contribution in [3.63, 3.8) is 0 Å². The lowest BCUT2D eigenvalue weighted by Gasteiger charge is -2.28. The Morgan fingerprint density at radius 1 is 0.349 bits per heavy atom. The van der Waals surface area contributed by atoms with Crippen molar-refractivity contribution in [1.29, 1.82) is 0 Å². The van der Waals surface area contributed by atoms with Crippen LogP contribution in [0.5, 0.6) is 11.5 Å². The third-order valence-corrected chi connectivity index (χ3v) is 25.6. The normalized spacial score (nSPS) is 16.7. The number of hydrogen-bond donors (Lipinski definition) is 0. The first-order valence-corrected chi connectivity index (χ1v) is 42.6. The minimum atomic E-state index is -0.191. The fraction of sp³-hybridized carbons (Fsp3) is 0.533. The van der Waals surface area contributed by atoms with Gasteiger partial charge in [0.1, 0.15) is 45.8 Å². The molecule has 0 spiro atoms. The van der Waals surface area contributed by atoms with Crippen molar-refractivity contribution in [3.05, 3.63) is 131 Å². The predicted molar refractivity (Wildman–Crippen MR) is 433 cm³/mol. The molecule has 0 fully saturated rings. The first-order chi connectivity index (χ1) is 51.7. The minimum absolute atomic E-state index is 0.191. The van der Waals surface area contributed by atoms with E-state index in [0.717, 1.165) is 206 Å². The van der Waals surface area contributed by atoms with E-state index >= 15 is 19.2 Å². The van der Waals surface area contributed by atoms with Crippen LogP contribution in [0.3, 0.4) is 0 Å². The molecule has 2 aromatic carbocycles. The highest BCUT2D eigenvalue weighted by Crippen LogP contribution is 2.54. The summed E-state index contributed by atoms with van der Waals surface area (Å²) in [6, 6.07) is 24.3. The molecule has 0 saturated heterocycles. The summed E-state index contributed by atoms with van der Waals surface area (Å²) in [5.41, 5.74) is 3.72. The molecule has 0 aliphatic carbocycles. The van der Waals surface area contributed by atoms with E-state index in [2.05, 4.69) is 107 Å². The fourth-order valence-corrected chi connectivity index (χ4v) is 18.7. The van der Waals surface area contributed by atoms with Gasteiger partial charge >= 0.3 is 0 Å². The third kappa shape index (κ3) is 15.9. The number of fused-ring (bicyclic) bond motifs is 5. The van der Waals surface area contributed by atoms with Crippen molar-refractivity contribution in [2.75, 3.05) is 39.4 Å². The summed E-state index contributed by atoms with van der Waals surface area (Å²) in [5, 5.41) is 3.88. The third-order valence-electron chi connectivity index (χ3n) is 23.3. The Balaban J connectivity index is 0.997. The predicted octanol–water partition coefficient (Wildman–Crippen LogP) is 24.6. The average molecular weight is 1480 g/mol. The molecule has 0 bridgehead atoms. The van der Waals surface area contributed by atoms with Crippen LogP contribution in [0.4, 0.5) is 0 Å². The van der Waals surface area contributed by atoms with Crippen molar-refractivity contribution >= 4 is 100 Å². The number of hydrogen-bond acceptors (Lipinski definition) is 12. The van der Waals surface area contributed by atoms with Gasteiger partial charge in [-0.1, -0.05) is 199 Å². The highest BCUT2D eigenvalue weighted by molar-refractivity contribution is 7.23. The zero-order valence-electron chi connectivity index (χ0n) is 65.4. The van der Waals surface area contributed by atoms with E-state index in [4.69, 9.17) is 27.1 Å². The molecule has 4 amide bonds. The van der Waals surface area contributed by atoms with Crippen LogP contribution in [0, 0.1) is 35.5 Å². The topological polar surface area (TPSA) is 152 Å². The molecule has 16 heteroatoms. The lowest BCUT2D eigenvalue weighted by Crippen LogP contribution is -2.34. The van der Waals surface area contributed by atoms with Crippen molar-refractivity contribution in [2.24, 2.45) is 35.5 Å². The Morgan fingerprint density at radius 3 is 0.906 bits per heavy atom. The largest absolute Gasteiger partial charge is 0.491 e. The zero-order chi connectivity index (χ0) is 74.7. The summed E-state index contributed by atoms with van der Waals surface area (Å²) in [6.07, 6.45) is 27.7. The Kier molecular flexibility index (Phi) is 26.4. The van der Waals surface area contributed by atoms with E-state index < -0.39 is 0 Å². The molecule has 6 unspecified atom stereocenters. The van der Waals surface area contributed by atoms with Crippen LogP contribution in [0.2, 0.25) is 0 Å². The Bertz CT molecular complexity index is 4210. The van der Waals surface area contributed by atoms with Crippen LogP contribution in [-0.4, -0.2) is 82.6 Å². The maximum atomic E-state index is 15.5. The van der Waals surface area contributed by atoms with Gasteiger partial charge in [-0.3, -0.25) is 19.2 Å². The van der Waals surface area contributed by atoms with E-state index in [0.29, 0.717) is 131 Å². The molecule has 6 atom stereocenters. The van der Waals surface area contributed by atoms with Gasteiger partial charge < -0.3 is 46.7 Å². The van der Waals surface area contributed by atoms with Crippen molar-refractivity contribution in [2.45, 2.75) is 237 Å². The second-order valence-electron chi connectivity index (χ2n) is 30.5. The van der Waals surface area contributed by atoms with E-state index in [1.807, 2.05) is 68.1 Å². The van der Waals surface area contributed by atoms with Gasteiger partial charge in [0.15, 0.2) is 23.0 Å². The highest BCUT2D eigenvalue weighted by atomic mass is 32.1. The second kappa shape index (κ2) is 35.9. The molecule has 0 saturated carbocycles. The minimum Gasteiger partial charge on any atom is -0.491 e. The Morgan fingerprint density at radius 2 is 0.632 bits per heavy atom. The van der Waals surface area contributed by atoms with Gasteiger partial charge in [0.05, 0.1) is 67.2 Å².